The van der Waals surface area contributed by atoms with Crippen LogP contribution in [0.4, 0.5) is 4.39 Å². The van der Waals surface area contributed by atoms with Crippen LogP contribution in [0.15, 0.2) is 58.6 Å². The van der Waals surface area contributed by atoms with Gasteiger partial charge >= 0.3 is 0 Å². The summed E-state index contributed by atoms with van der Waals surface area (Å²) in [6.45, 7) is 12.8. The van der Waals surface area contributed by atoms with Gasteiger partial charge in [-0.15, -0.1) is 5.73 Å². The van der Waals surface area contributed by atoms with Gasteiger partial charge in [0, 0.05) is 27.1 Å². The van der Waals surface area contributed by atoms with Crippen molar-refractivity contribution in [1.82, 2.24) is 10.2 Å². The molecule has 2 rings (SSSR count). The normalized spacial score (nSPS) is 19.5. The molecule has 0 saturated carbocycles. The van der Waals surface area contributed by atoms with Gasteiger partial charge in [-0.1, -0.05) is 58.4 Å². The Hall–Kier alpha value is -2.23. The highest BCUT2D eigenvalue weighted by Crippen LogP contribution is 2.17. The van der Waals surface area contributed by atoms with Crippen LogP contribution in [0.5, 0.6) is 0 Å². The Bertz CT molecular complexity index is 648. The summed E-state index contributed by atoms with van der Waals surface area (Å²) >= 11 is 0. The predicted molar refractivity (Wildman–Crippen MR) is 134 cm³/mol. The van der Waals surface area contributed by atoms with Crippen LogP contribution < -0.4 is 5.32 Å². The lowest BCUT2D eigenvalue weighted by Crippen LogP contribution is -2.40. The molecule has 31 heavy (non-hydrogen) atoms. The van der Waals surface area contributed by atoms with Crippen molar-refractivity contribution in [3.63, 3.8) is 0 Å². The number of piperidine rings is 1. The third kappa shape index (κ3) is 15.3. The molecule has 1 aliphatic carbocycles. The third-order valence-electron chi connectivity index (χ3n) is 4.39. The first-order chi connectivity index (χ1) is 15.1. The first-order valence-electron chi connectivity index (χ1n) is 11.6. The quantitative estimate of drug-likeness (QED) is 0.319. The molecule has 0 aromatic rings. The van der Waals surface area contributed by atoms with Crippen molar-refractivity contribution in [2.45, 2.75) is 66.7 Å². The molecule has 0 aromatic heterocycles. The molecule has 176 valence electrons. The molecule has 1 amide bonds. The van der Waals surface area contributed by atoms with Crippen molar-refractivity contribution >= 4 is 11.6 Å². The molecule has 0 unspecified atom stereocenters. The van der Waals surface area contributed by atoms with E-state index in [1.807, 2.05) is 52.8 Å². The lowest BCUT2D eigenvalue weighted by Gasteiger charge is -2.26. The Morgan fingerprint density at radius 1 is 1.23 bits per heavy atom. The number of nitrogens with one attached hydrogen (secondary N) is 1. The number of carbonyl (C=O) groups is 1. The monoisotopic (exact) mass is 433 g/mol. The highest BCUT2D eigenvalue weighted by atomic mass is 19.1. The van der Waals surface area contributed by atoms with Crippen molar-refractivity contribution < 1.29 is 9.18 Å². The third-order valence-corrected chi connectivity index (χ3v) is 4.39. The molecule has 5 heteroatoms. The van der Waals surface area contributed by atoms with Crippen LogP contribution in [-0.4, -0.2) is 50.2 Å². The first kappa shape index (κ1) is 31.0. The summed E-state index contributed by atoms with van der Waals surface area (Å²) in [5, 5.41) is 2.61. The van der Waals surface area contributed by atoms with Gasteiger partial charge in [0.25, 0.3) is 5.91 Å². The van der Waals surface area contributed by atoms with Gasteiger partial charge in [0.2, 0.25) is 0 Å². The second kappa shape index (κ2) is 22.5. The maximum Gasteiger partial charge on any atom is 0.266 e. The summed E-state index contributed by atoms with van der Waals surface area (Å²) in [5.41, 5.74) is 4.26. The lowest BCUT2D eigenvalue weighted by atomic mass is 10.1. The Morgan fingerprint density at radius 2 is 1.87 bits per heavy atom. The number of nitrogens with zero attached hydrogens (tertiary/aromatic N) is 2. The number of allylic oxidation sites excluding steroid dienone is 7. The van der Waals surface area contributed by atoms with Gasteiger partial charge < -0.3 is 5.32 Å². The Kier molecular flexibility index (Phi) is 22.4. The van der Waals surface area contributed by atoms with E-state index in [0.717, 1.165) is 18.7 Å². The van der Waals surface area contributed by atoms with Crippen molar-refractivity contribution in [3.8, 4) is 0 Å². The van der Waals surface area contributed by atoms with E-state index >= 15 is 0 Å². The number of hydrogen-bond donors (Lipinski definition) is 1. The van der Waals surface area contributed by atoms with E-state index < -0.39 is 0 Å². The van der Waals surface area contributed by atoms with E-state index in [1.165, 1.54) is 19.3 Å². The number of rotatable bonds is 5. The van der Waals surface area contributed by atoms with E-state index in [2.05, 4.69) is 20.9 Å². The maximum absolute atomic E-state index is 13.3. The first-order valence-corrected chi connectivity index (χ1v) is 11.6. The molecular weight excluding hydrogens is 389 g/mol. The van der Waals surface area contributed by atoms with Crippen LogP contribution in [0, 0.1) is 0 Å². The van der Waals surface area contributed by atoms with E-state index in [9.17, 15) is 9.18 Å². The van der Waals surface area contributed by atoms with E-state index in [1.54, 1.807) is 32.3 Å². The number of carbonyl (C=O) groups excluding carboxylic acids is 1. The molecule has 1 N–H and O–H groups in total. The predicted octanol–water partition coefficient (Wildman–Crippen LogP) is 6.19. The van der Waals surface area contributed by atoms with Gasteiger partial charge in [0.1, 0.15) is 11.5 Å². The molecule has 1 aliphatic heterocycles. The molecule has 1 fully saturated rings. The van der Waals surface area contributed by atoms with Crippen LogP contribution in [0.2, 0.25) is 0 Å². The Balaban J connectivity index is 0. The van der Waals surface area contributed by atoms with Crippen molar-refractivity contribution in [1.29, 1.82) is 0 Å². The fraction of sp³-hybridized carbons (Fsp3) is 0.577. The molecule has 4 nitrogen and oxygen atoms in total. The zero-order valence-corrected chi connectivity index (χ0v) is 20.8. The fourth-order valence-electron chi connectivity index (χ4n) is 2.79. The standard InChI is InChI=1S/C12H13F.C10H19N3O.2C2H6/c1-2-3-8-11-9-6-4-5-7-10-12(11)13;1-11-9(10(14)12-2)8-13-6-4-3-5-7-13;2*1-2/h2-5,7,9H,8,10H2,1H3;3-8H2,1-2H3,(H,12,14);2*1-2H3/b3-2+,7-5-,12-11+;;;. The fourth-order valence-corrected chi connectivity index (χ4v) is 2.79. The minimum Gasteiger partial charge on any atom is -0.354 e. The van der Waals surface area contributed by atoms with E-state index in [4.69, 9.17) is 0 Å². The van der Waals surface area contributed by atoms with Crippen molar-refractivity contribution in [3.05, 3.63) is 53.6 Å². The number of likely N-dealkylation sites (tertiary alicyclic amines) is 1. The highest BCUT2D eigenvalue weighted by Gasteiger charge is 2.15. The van der Waals surface area contributed by atoms with Gasteiger partial charge in [0.05, 0.1) is 0 Å². The summed E-state index contributed by atoms with van der Waals surface area (Å²) in [7, 11) is 3.32. The number of hydrogen-bond acceptors (Lipinski definition) is 3. The van der Waals surface area contributed by atoms with Gasteiger partial charge in [-0.05, 0) is 57.0 Å². The molecule has 0 spiro atoms. The van der Waals surface area contributed by atoms with Gasteiger partial charge in [-0.25, -0.2) is 4.39 Å². The summed E-state index contributed by atoms with van der Waals surface area (Å²) in [5.74, 6) is -0.118. The molecule has 2 aliphatic rings. The lowest BCUT2D eigenvalue weighted by molar-refractivity contribution is -0.114. The molecular formula is C26H44FN3O. The summed E-state index contributed by atoms with van der Waals surface area (Å²) in [6.07, 6.45) is 15.8. The largest absolute Gasteiger partial charge is 0.354 e. The van der Waals surface area contributed by atoms with Crippen LogP contribution in [0.3, 0.4) is 0 Å². The topological polar surface area (TPSA) is 44.7 Å². The summed E-state index contributed by atoms with van der Waals surface area (Å²) in [6, 6.07) is 0. The summed E-state index contributed by atoms with van der Waals surface area (Å²) < 4.78 is 13.3. The molecule has 1 heterocycles. The smallest absolute Gasteiger partial charge is 0.266 e. The molecule has 0 atom stereocenters. The SMILES string of the molecule is C/C=C/C/C1=C(\F)C/C=C\C=C=C1.CC.CC.CN=C(CN1CCCCC1)C(=O)NC. The van der Waals surface area contributed by atoms with Gasteiger partial charge in [-0.2, -0.15) is 0 Å². The number of halogens is 1. The van der Waals surface area contributed by atoms with Crippen LogP contribution in [0.25, 0.3) is 0 Å². The highest BCUT2D eigenvalue weighted by molar-refractivity contribution is 6.39. The van der Waals surface area contributed by atoms with E-state index in [0.29, 0.717) is 25.1 Å². The van der Waals surface area contributed by atoms with Crippen molar-refractivity contribution in [2.24, 2.45) is 4.99 Å². The number of amides is 1. The Labute approximate surface area is 190 Å². The van der Waals surface area contributed by atoms with Crippen LogP contribution in [-0.2, 0) is 4.79 Å². The minimum absolute atomic E-state index is 0.0573. The zero-order valence-electron chi connectivity index (χ0n) is 20.8. The Morgan fingerprint density at radius 3 is 2.42 bits per heavy atom. The number of aliphatic imine (C=N–C) groups is 1. The second-order valence-corrected chi connectivity index (χ2v) is 6.40. The molecule has 0 radical (unpaired) electrons. The molecule has 1 saturated heterocycles. The summed E-state index contributed by atoms with van der Waals surface area (Å²) in [4.78, 5) is 17.7. The molecule has 0 aromatic carbocycles. The zero-order chi connectivity index (χ0) is 23.9. The minimum atomic E-state index is -0.0602. The van der Waals surface area contributed by atoms with E-state index in [-0.39, 0.29) is 11.7 Å². The second-order valence-electron chi connectivity index (χ2n) is 6.40. The van der Waals surface area contributed by atoms with Gasteiger partial charge in [-0.3, -0.25) is 14.7 Å². The molecule has 0 bridgehead atoms. The average Bonchev–Trinajstić information content (AvgIpc) is 2.83. The van der Waals surface area contributed by atoms with Gasteiger partial charge in [0.15, 0.2) is 0 Å². The average molecular weight is 434 g/mol. The van der Waals surface area contributed by atoms with Crippen LogP contribution >= 0.6 is 0 Å². The maximum atomic E-state index is 13.3. The van der Waals surface area contributed by atoms with Crippen molar-refractivity contribution in [2.75, 3.05) is 33.7 Å². The van der Waals surface area contributed by atoms with Crippen LogP contribution in [0.1, 0.15) is 66.7 Å².